The molecule has 1 N–H and O–H groups in total. The maximum atomic E-state index is 5.74. The minimum Gasteiger partial charge on any atom is -0.348 e. The normalized spacial score (nSPS) is 25.7. The first-order valence-corrected chi connectivity index (χ1v) is 6.38. The topological polar surface area (TPSA) is 33.7 Å². The van der Waals surface area contributed by atoms with Gasteiger partial charge in [-0.25, -0.2) is 0 Å². The summed E-state index contributed by atoms with van der Waals surface area (Å²) in [6.45, 7) is 3.74. The van der Waals surface area contributed by atoms with Crippen molar-refractivity contribution in [2.45, 2.75) is 37.5 Å². The smallest absolute Gasteiger partial charge is 0.168 e. The molecule has 0 aromatic carbocycles. The maximum Gasteiger partial charge on any atom is 0.168 e. The lowest BCUT2D eigenvalue weighted by atomic mass is 9.89. The highest BCUT2D eigenvalue weighted by molar-refractivity contribution is 4.86. The lowest BCUT2D eigenvalue weighted by Gasteiger charge is -2.39. The maximum absolute atomic E-state index is 5.74. The number of hydrogen-bond acceptors (Lipinski definition) is 4. The lowest BCUT2D eigenvalue weighted by Crippen LogP contribution is -2.44. The molecule has 16 heavy (non-hydrogen) atoms. The van der Waals surface area contributed by atoms with Gasteiger partial charge in [0.1, 0.15) is 0 Å². The molecule has 1 saturated carbocycles. The van der Waals surface area contributed by atoms with Crippen LogP contribution in [0.1, 0.15) is 25.7 Å². The standard InChI is InChI=1S/C12H24N2O2/c1-13-7-8-14(2)11-3-5-12(6-4-11)15-9-10-16-12/h11,13H,3-10H2,1-2H3. The predicted molar refractivity (Wildman–Crippen MR) is 63.4 cm³/mol. The van der Waals surface area contributed by atoms with Gasteiger partial charge in [-0.05, 0) is 26.9 Å². The van der Waals surface area contributed by atoms with E-state index in [1.807, 2.05) is 7.05 Å². The number of hydrogen-bond donors (Lipinski definition) is 1. The van der Waals surface area contributed by atoms with Crippen molar-refractivity contribution in [1.82, 2.24) is 10.2 Å². The molecule has 0 radical (unpaired) electrons. The van der Waals surface area contributed by atoms with Crippen LogP contribution in [0.15, 0.2) is 0 Å². The molecule has 4 nitrogen and oxygen atoms in total. The zero-order valence-corrected chi connectivity index (χ0v) is 10.5. The van der Waals surface area contributed by atoms with Gasteiger partial charge in [0, 0.05) is 32.0 Å². The Morgan fingerprint density at radius 3 is 2.44 bits per heavy atom. The summed E-state index contributed by atoms with van der Waals surface area (Å²) in [6.07, 6.45) is 4.50. The first-order valence-electron chi connectivity index (χ1n) is 6.38. The average Bonchev–Trinajstić information content (AvgIpc) is 2.75. The van der Waals surface area contributed by atoms with E-state index in [9.17, 15) is 0 Å². The first kappa shape index (κ1) is 12.3. The van der Waals surface area contributed by atoms with Crippen LogP contribution < -0.4 is 5.32 Å². The molecule has 0 aromatic rings. The molecule has 1 saturated heterocycles. The van der Waals surface area contributed by atoms with E-state index in [1.165, 1.54) is 12.8 Å². The summed E-state index contributed by atoms with van der Waals surface area (Å²) in [5, 5.41) is 3.20. The van der Waals surface area contributed by atoms with Gasteiger partial charge in [-0.1, -0.05) is 0 Å². The van der Waals surface area contributed by atoms with Crippen molar-refractivity contribution in [2.24, 2.45) is 0 Å². The molecule has 2 rings (SSSR count). The molecule has 0 unspecified atom stereocenters. The minimum absolute atomic E-state index is 0.208. The third-order valence-corrected chi connectivity index (χ3v) is 3.87. The summed E-state index contributed by atoms with van der Waals surface area (Å²) in [5.74, 6) is -0.208. The highest BCUT2D eigenvalue weighted by atomic mass is 16.7. The Labute approximate surface area is 98.3 Å². The van der Waals surface area contributed by atoms with Gasteiger partial charge in [0.2, 0.25) is 0 Å². The fourth-order valence-electron chi connectivity index (χ4n) is 2.74. The molecule has 1 aliphatic carbocycles. The number of nitrogens with one attached hydrogen (secondary N) is 1. The molecule has 94 valence electrons. The van der Waals surface area contributed by atoms with Crippen molar-refractivity contribution in [2.75, 3.05) is 40.4 Å². The van der Waals surface area contributed by atoms with Gasteiger partial charge >= 0.3 is 0 Å². The molecule has 1 aliphatic heterocycles. The Kier molecular flexibility index (Phi) is 4.19. The van der Waals surface area contributed by atoms with Gasteiger partial charge < -0.3 is 19.7 Å². The Bertz CT molecular complexity index is 207. The van der Waals surface area contributed by atoms with Crippen molar-refractivity contribution in [3.05, 3.63) is 0 Å². The summed E-state index contributed by atoms with van der Waals surface area (Å²) in [7, 11) is 4.22. The Morgan fingerprint density at radius 1 is 1.25 bits per heavy atom. The third kappa shape index (κ3) is 2.74. The fraction of sp³-hybridized carbons (Fsp3) is 1.00. The molecule has 2 fully saturated rings. The summed E-state index contributed by atoms with van der Waals surface area (Å²) in [4.78, 5) is 2.46. The molecule has 1 heterocycles. The second-order valence-electron chi connectivity index (χ2n) is 4.92. The largest absolute Gasteiger partial charge is 0.348 e. The van der Waals surface area contributed by atoms with Crippen LogP contribution in [0.5, 0.6) is 0 Å². The first-order chi connectivity index (χ1) is 7.76. The van der Waals surface area contributed by atoms with Crippen LogP contribution in [0, 0.1) is 0 Å². The monoisotopic (exact) mass is 228 g/mol. The second-order valence-corrected chi connectivity index (χ2v) is 4.92. The quantitative estimate of drug-likeness (QED) is 0.772. The van der Waals surface area contributed by atoms with Crippen LogP contribution in [-0.2, 0) is 9.47 Å². The SMILES string of the molecule is CNCCN(C)C1CCC2(CC1)OCCO2. The minimum atomic E-state index is -0.208. The van der Waals surface area contributed by atoms with E-state index in [0.29, 0.717) is 6.04 Å². The zero-order valence-electron chi connectivity index (χ0n) is 10.5. The summed E-state index contributed by atoms with van der Waals surface area (Å²) in [5.41, 5.74) is 0. The van der Waals surface area contributed by atoms with Crippen molar-refractivity contribution >= 4 is 0 Å². The van der Waals surface area contributed by atoms with Crippen LogP contribution in [0.25, 0.3) is 0 Å². The van der Waals surface area contributed by atoms with Crippen molar-refractivity contribution in [3.63, 3.8) is 0 Å². The molecule has 4 heteroatoms. The van der Waals surface area contributed by atoms with Crippen LogP contribution in [-0.4, -0.2) is 57.1 Å². The molecule has 0 atom stereocenters. The Balaban J connectivity index is 1.75. The second kappa shape index (κ2) is 5.45. The highest BCUT2D eigenvalue weighted by Crippen LogP contribution is 2.36. The van der Waals surface area contributed by atoms with Gasteiger partial charge in [0.05, 0.1) is 13.2 Å². The molecular weight excluding hydrogens is 204 g/mol. The zero-order chi connectivity index (χ0) is 11.4. The van der Waals surface area contributed by atoms with Crippen molar-refractivity contribution in [1.29, 1.82) is 0 Å². The Morgan fingerprint density at radius 2 is 1.88 bits per heavy atom. The van der Waals surface area contributed by atoms with Crippen LogP contribution in [0.4, 0.5) is 0 Å². The lowest BCUT2D eigenvalue weighted by molar-refractivity contribution is -0.183. The molecule has 0 aromatic heterocycles. The summed E-state index contributed by atoms with van der Waals surface area (Å²) in [6, 6.07) is 0.701. The van der Waals surface area contributed by atoms with E-state index >= 15 is 0 Å². The predicted octanol–water partition coefficient (Wildman–Crippen LogP) is 0.823. The number of nitrogens with zero attached hydrogens (tertiary/aromatic N) is 1. The van der Waals surface area contributed by atoms with E-state index in [0.717, 1.165) is 39.1 Å². The molecular formula is C12H24N2O2. The van der Waals surface area contributed by atoms with Gasteiger partial charge in [-0.3, -0.25) is 0 Å². The van der Waals surface area contributed by atoms with Crippen LogP contribution >= 0.6 is 0 Å². The van der Waals surface area contributed by atoms with Gasteiger partial charge in [-0.2, -0.15) is 0 Å². The Hall–Kier alpha value is -0.160. The number of rotatable bonds is 4. The van der Waals surface area contributed by atoms with Crippen molar-refractivity contribution in [3.8, 4) is 0 Å². The van der Waals surface area contributed by atoms with Crippen LogP contribution in [0.3, 0.4) is 0 Å². The van der Waals surface area contributed by atoms with E-state index in [2.05, 4.69) is 17.3 Å². The van der Waals surface area contributed by atoms with Crippen molar-refractivity contribution < 1.29 is 9.47 Å². The molecule has 1 spiro atoms. The number of ether oxygens (including phenoxy) is 2. The fourth-order valence-corrected chi connectivity index (χ4v) is 2.74. The van der Waals surface area contributed by atoms with E-state index in [1.54, 1.807) is 0 Å². The molecule has 0 bridgehead atoms. The van der Waals surface area contributed by atoms with E-state index in [-0.39, 0.29) is 5.79 Å². The van der Waals surface area contributed by atoms with Gasteiger partial charge in [0.25, 0.3) is 0 Å². The summed E-state index contributed by atoms with van der Waals surface area (Å²) < 4.78 is 11.5. The van der Waals surface area contributed by atoms with E-state index in [4.69, 9.17) is 9.47 Å². The van der Waals surface area contributed by atoms with Gasteiger partial charge in [0.15, 0.2) is 5.79 Å². The number of likely N-dealkylation sites (N-methyl/N-ethyl adjacent to an activating group) is 2. The highest BCUT2D eigenvalue weighted by Gasteiger charge is 2.40. The summed E-state index contributed by atoms with van der Waals surface area (Å²) >= 11 is 0. The van der Waals surface area contributed by atoms with Crippen LogP contribution in [0.2, 0.25) is 0 Å². The third-order valence-electron chi connectivity index (χ3n) is 3.87. The van der Waals surface area contributed by atoms with Gasteiger partial charge in [-0.15, -0.1) is 0 Å². The molecule has 0 amide bonds. The average molecular weight is 228 g/mol. The molecule has 2 aliphatic rings. The van der Waals surface area contributed by atoms with E-state index < -0.39 is 0 Å².